The summed E-state index contributed by atoms with van der Waals surface area (Å²) < 4.78 is 12.2. The summed E-state index contributed by atoms with van der Waals surface area (Å²) in [7, 11) is 0. The highest BCUT2D eigenvalue weighted by atomic mass is 35.5. The van der Waals surface area contributed by atoms with Crippen LogP contribution in [0.1, 0.15) is 32.2 Å². The van der Waals surface area contributed by atoms with E-state index in [4.69, 9.17) is 20.8 Å². The van der Waals surface area contributed by atoms with Crippen LogP contribution in [-0.2, 0) is 11.3 Å². The molecule has 1 aromatic carbocycles. The molecule has 3 heterocycles. The number of benzene rings is 1. The molecule has 0 aliphatic rings. The Balaban J connectivity index is 1.45. The molecule has 0 bridgehead atoms. The summed E-state index contributed by atoms with van der Waals surface area (Å²) in [5.74, 6) is -0.732. The first-order chi connectivity index (χ1) is 14.0. The molecule has 1 N–H and O–H groups in total. The third-order valence-corrected chi connectivity index (χ3v) is 4.51. The van der Waals surface area contributed by atoms with Crippen LogP contribution in [0.15, 0.2) is 65.5 Å². The maximum atomic E-state index is 12.5. The Labute approximate surface area is 170 Å². The number of amides is 1. The fourth-order valence-electron chi connectivity index (χ4n) is 2.78. The van der Waals surface area contributed by atoms with Crippen molar-refractivity contribution in [3.63, 3.8) is 0 Å². The molecule has 29 heavy (non-hydrogen) atoms. The minimum absolute atomic E-state index is 0.0140. The number of hydrogen-bond acceptors (Lipinski definition) is 5. The standard InChI is InChI=1S/C21H16ClN3O4/c1-13-4-5-14(9-17(13)24-20(26)18-3-2-8-28-18)21(27)29-12-16-11-25-10-15(22)6-7-19(25)23-16/h2-11H,12H2,1H3,(H,24,26). The van der Waals surface area contributed by atoms with Crippen LogP contribution in [0.2, 0.25) is 5.02 Å². The Bertz CT molecular complexity index is 1200. The number of aryl methyl sites for hydroxylation is 1. The van der Waals surface area contributed by atoms with E-state index in [0.29, 0.717) is 27.6 Å². The number of nitrogens with one attached hydrogen (secondary N) is 1. The Morgan fingerprint density at radius 2 is 2.07 bits per heavy atom. The van der Waals surface area contributed by atoms with E-state index in [1.165, 1.54) is 6.26 Å². The largest absolute Gasteiger partial charge is 0.459 e. The first-order valence-electron chi connectivity index (χ1n) is 8.75. The molecule has 146 valence electrons. The van der Waals surface area contributed by atoms with E-state index < -0.39 is 11.9 Å². The maximum Gasteiger partial charge on any atom is 0.338 e. The molecule has 0 fully saturated rings. The molecular formula is C21H16ClN3O4. The van der Waals surface area contributed by atoms with Crippen LogP contribution >= 0.6 is 11.6 Å². The number of hydrogen-bond donors (Lipinski definition) is 1. The first-order valence-corrected chi connectivity index (χ1v) is 9.13. The van der Waals surface area contributed by atoms with E-state index in [1.54, 1.807) is 59.3 Å². The summed E-state index contributed by atoms with van der Waals surface area (Å²) >= 11 is 5.96. The van der Waals surface area contributed by atoms with Gasteiger partial charge in [-0.15, -0.1) is 0 Å². The minimum atomic E-state index is -0.520. The lowest BCUT2D eigenvalue weighted by atomic mass is 10.1. The van der Waals surface area contributed by atoms with Crippen LogP contribution < -0.4 is 5.32 Å². The molecule has 3 aromatic heterocycles. The van der Waals surface area contributed by atoms with Crippen LogP contribution in [0.3, 0.4) is 0 Å². The van der Waals surface area contributed by atoms with Crippen molar-refractivity contribution in [1.82, 2.24) is 9.38 Å². The minimum Gasteiger partial charge on any atom is -0.459 e. The Kier molecular flexibility index (Phi) is 5.05. The predicted molar refractivity (Wildman–Crippen MR) is 107 cm³/mol. The van der Waals surface area contributed by atoms with Gasteiger partial charge >= 0.3 is 5.97 Å². The van der Waals surface area contributed by atoms with Gasteiger partial charge in [-0.2, -0.15) is 0 Å². The molecule has 0 aliphatic carbocycles. The van der Waals surface area contributed by atoms with Crippen LogP contribution in [0.25, 0.3) is 5.65 Å². The van der Waals surface area contributed by atoms with Gasteiger partial charge in [0, 0.05) is 18.1 Å². The fourth-order valence-corrected chi connectivity index (χ4v) is 2.95. The van der Waals surface area contributed by atoms with E-state index in [1.807, 2.05) is 6.92 Å². The number of carbonyl (C=O) groups excluding carboxylic acids is 2. The number of aromatic nitrogens is 2. The monoisotopic (exact) mass is 409 g/mol. The van der Waals surface area contributed by atoms with Gasteiger partial charge in [0.05, 0.1) is 22.5 Å². The quantitative estimate of drug-likeness (QED) is 0.490. The number of anilines is 1. The molecule has 0 aliphatic heterocycles. The number of furan rings is 1. The van der Waals surface area contributed by atoms with Gasteiger partial charge in [0.2, 0.25) is 0 Å². The lowest BCUT2D eigenvalue weighted by Crippen LogP contribution is -2.13. The third kappa shape index (κ3) is 4.14. The molecule has 0 spiro atoms. The Morgan fingerprint density at radius 1 is 1.21 bits per heavy atom. The van der Waals surface area contributed by atoms with Crippen molar-refractivity contribution >= 4 is 34.8 Å². The number of nitrogens with zero attached hydrogens (tertiary/aromatic N) is 2. The number of fused-ring (bicyclic) bond motifs is 1. The molecule has 0 atom stereocenters. The molecule has 4 aromatic rings. The van der Waals surface area contributed by atoms with Crippen molar-refractivity contribution in [3.8, 4) is 0 Å². The SMILES string of the molecule is Cc1ccc(C(=O)OCc2cn3cc(Cl)ccc3n2)cc1NC(=O)c1ccco1. The molecule has 1 amide bonds. The van der Waals surface area contributed by atoms with Gasteiger partial charge in [-0.25, -0.2) is 9.78 Å². The lowest BCUT2D eigenvalue weighted by Gasteiger charge is -2.09. The predicted octanol–water partition coefficient (Wildman–Crippen LogP) is 4.50. The second-order valence-corrected chi connectivity index (χ2v) is 6.82. The Morgan fingerprint density at radius 3 is 2.86 bits per heavy atom. The number of esters is 1. The summed E-state index contributed by atoms with van der Waals surface area (Å²) in [6, 6.07) is 11.7. The molecule has 0 radical (unpaired) electrons. The molecule has 0 saturated carbocycles. The van der Waals surface area contributed by atoms with Gasteiger partial charge in [-0.1, -0.05) is 17.7 Å². The molecule has 0 unspecified atom stereocenters. The van der Waals surface area contributed by atoms with E-state index in [9.17, 15) is 9.59 Å². The number of imidazole rings is 1. The highest BCUT2D eigenvalue weighted by Gasteiger charge is 2.14. The third-order valence-electron chi connectivity index (χ3n) is 4.28. The van der Waals surface area contributed by atoms with Gasteiger partial charge in [0.25, 0.3) is 5.91 Å². The number of carbonyl (C=O) groups is 2. The lowest BCUT2D eigenvalue weighted by molar-refractivity contribution is 0.0468. The van der Waals surface area contributed by atoms with Crippen molar-refractivity contribution in [2.45, 2.75) is 13.5 Å². The second kappa shape index (κ2) is 7.81. The molecule has 4 rings (SSSR count). The zero-order valence-corrected chi connectivity index (χ0v) is 16.1. The maximum absolute atomic E-state index is 12.5. The highest BCUT2D eigenvalue weighted by molar-refractivity contribution is 6.30. The summed E-state index contributed by atoms with van der Waals surface area (Å²) in [6.07, 6.45) is 4.89. The van der Waals surface area contributed by atoms with Gasteiger partial charge in [0.15, 0.2) is 5.76 Å². The van der Waals surface area contributed by atoms with Crippen molar-refractivity contribution < 1.29 is 18.7 Å². The van der Waals surface area contributed by atoms with Crippen LogP contribution in [0.4, 0.5) is 5.69 Å². The average molecular weight is 410 g/mol. The van der Waals surface area contributed by atoms with E-state index >= 15 is 0 Å². The smallest absolute Gasteiger partial charge is 0.338 e. The summed E-state index contributed by atoms with van der Waals surface area (Å²) in [6.45, 7) is 1.84. The highest BCUT2D eigenvalue weighted by Crippen LogP contribution is 2.19. The molecule has 8 heteroatoms. The number of pyridine rings is 1. The molecular weight excluding hydrogens is 394 g/mol. The number of halogens is 1. The average Bonchev–Trinajstić information content (AvgIpc) is 3.37. The fraction of sp³-hybridized carbons (Fsp3) is 0.0952. The topological polar surface area (TPSA) is 85.8 Å². The van der Waals surface area contributed by atoms with Crippen LogP contribution in [-0.4, -0.2) is 21.3 Å². The number of ether oxygens (including phenoxy) is 1. The van der Waals surface area contributed by atoms with Crippen molar-refractivity contribution in [2.24, 2.45) is 0 Å². The summed E-state index contributed by atoms with van der Waals surface area (Å²) in [4.78, 5) is 29.0. The van der Waals surface area contributed by atoms with Gasteiger partial charge in [0.1, 0.15) is 12.3 Å². The van der Waals surface area contributed by atoms with Crippen LogP contribution in [0.5, 0.6) is 0 Å². The zero-order chi connectivity index (χ0) is 20.4. The summed E-state index contributed by atoms with van der Waals surface area (Å²) in [5.41, 5.74) is 2.93. The molecule has 0 saturated heterocycles. The zero-order valence-electron chi connectivity index (χ0n) is 15.4. The van der Waals surface area contributed by atoms with E-state index in [0.717, 1.165) is 5.56 Å². The first kappa shape index (κ1) is 18.8. The van der Waals surface area contributed by atoms with Crippen molar-refractivity contribution in [3.05, 3.63) is 88.7 Å². The van der Waals surface area contributed by atoms with Gasteiger partial charge < -0.3 is 18.9 Å². The van der Waals surface area contributed by atoms with E-state index in [-0.39, 0.29) is 12.4 Å². The number of rotatable bonds is 5. The van der Waals surface area contributed by atoms with Gasteiger partial charge in [-0.05, 0) is 48.9 Å². The van der Waals surface area contributed by atoms with Crippen molar-refractivity contribution in [2.75, 3.05) is 5.32 Å². The van der Waals surface area contributed by atoms with Gasteiger partial charge in [-0.3, -0.25) is 4.79 Å². The second-order valence-electron chi connectivity index (χ2n) is 6.38. The Hall–Kier alpha value is -3.58. The summed E-state index contributed by atoms with van der Waals surface area (Å²) in [5, 5.41) is 3.32. The molecule has 7 nitrogen and oxygen atoms in total. The van der Waals surface area contributed by atoms with Crippen molar-refractivity contribution in [1.29, 1.82) is 0 Å². The van der Waals surface area contributed by atoms with Crippen LogP contribution in [0, 0.1) is 6.92 Å². The van der Waals surface area contributed by atoms with E-state index in [2.05, 4.69) is 10.3 Å². The normalized spacial score (nSPS) is 10.8.